The quantitative estimate of drug-likeness (QED) is 0.923. The van der Waals surface area contributed by atoms with E-state index < -0.39 is 0 Å². The van der Waals surface area contributed by atoms with Gasteiger partial charge in [0, 0.05) is 13.2 Å². The predicted molar refractivity (Wildman–Crippen MR) is 86.8 cm³/mol. The fraction of sp³-hybridized carbons (Fsp3) is 0.647. The van der Waals surface area contributed by atoms with Crippen molar-refractivity contribution in [3.05, 3.63) is 22.7 Å². The van der Waals surface area contributed by atoms with Gasteiger partial charge >= 0.3 is 0 Å². The molecule has 1 aromatic carbocycles. The van der Waals surface area contributed by atoms with Crippen molar-refractivity contribution in [2.45, 2.75) is 32.7 Å². The van der Waals surface area contributed by atoms with Gasteiger partial charge in [-0.3, -0.25) is 4.90 Å². The second kappa shape index (κ2) is 6.65. The van der Waals surface area contributed by atoms with Crippen molar-refractivity contribution in [1.29, 1.82) is 0 Å². The Hall–Kier alpha value is -0.970. The number of halogens is 1. The number of fused-ring (bicyclic) bond motifs is 1. The first kappa shape index (κ1) is 15.9. The van der Waals surface area contributed by atoms with Crippen LogP contribution in [0.2, 0.25) is 5.02 Å². The third-order valence-corrected chi connectivity index (χ3v) is 5.35. The van der Waals surface area contributed by atoms with Crippen LogP contribution in [0.3, 0.4) is 0 Å². The lowest BCUT2D eigenvalue weighted by atomic mass is 9.77. The Morgan fingerprint density at radius 3 is 2.64 bits per heavy atom. The summed E-state index contributed by atoms with van der Waals surface area (Å²) >= 11 is 6.30. The van der Waals surface area contributed by atoms with Gasteiger partial charge in [-0.2, -0.15) is 0 Å². The molecule has 4 nitrogen and oxygen atoms in total. The van der Waals surface area contributed by atoms with E-state index in [0.717, 1.165) is 50.2 Å². The highest BCUT2D eigenvalue weighted by atomic mass is 35.5. The Morgan fingerprint density at radius 1 is 1.23 bits per heavy atom. The highest BCUT2D eigenvalue weighted by molar-refractivity contribution is 6.32. The van der Waals surface area contributed by atoms with Gasteiger partial charge in [-0.25, -0.2) is 0 Å². The van der Waals surface area contributed by atoms with E-state index in [1.54, 1.807) is 0 Å². The van der Waals surface area contributed by atoms with Gasteiger partial charge in [0.15, 0.2) is 11.5 Å². The molecule has 3 rings (SSSR count). The van der Waals surface area contributed by atoms with Gasteiger partial charge in [0.1, 0.15) is 13.2 Å². The maximum absolute atomic E-state index is 9.62. The molecule has 0 unspecified atom stereocenters. The zero-order chi connectivity index (χ0) is 15.6. The summed E-state index contributed by atoms with van der Waals surface area (Å²) in [4.78, 5) is 2.42. The van der Waals surface area contributed by atoms with Crippen LogP contribution >= 0.6 is 11.6 Å². The van der Waals surface area contributed by atoms with E-state index in [4.69, 9.17) is 21.1 Å². The molecule has 2 aliphatic rings. The summed E-state index contributed by atoms with van der Waals surface area (Å²) in [6, 6.07) is 4.01. The molecule has 0 aliphatic carbocycles. The molecule has 0 aromatic heterocycles. The second-order valence-corrected chi connectivity index (χ2v) is 6.80. The molecular formula is C17H24ClNO3. The summed E-state index contributed by atoms with van der Waals surface area (Å²) in [6.07, 6.45) is 3.16. The van der Waals surface area contributed by atoms with Crippen LogP contribution in [0.25, 0.3) is 0 Å². The Morgan fingerprint density at radius 2 is 1.95 bits per heavy atom. The molecule has 0 saturated carbocycles. The summed E-state index contributed by atoms with van der Waals surface area (Å²) in [7, 11) is 0. The molecule has 1 saturated heterocycles. The van der Waals surface area contributed by atoms with Crippen molar-refractivity contribution < 1.29 is 14.6 Å². The lowest BCUT2D eigenvalue weighted by Gasteiger charge is -2.40. The van der Waals surface area contributed by atoms with Gasteiger partial charge in [-0.05, 0) is 55.5 Å². The van der Waals surface area contributed by atoms with Gasteiger partial charge in [0.2, 0.25) is 0 Å². The molecule has 0 spiro atoms. The Balaban J connectivity index is 1.66. The highest BCUT2D eigenvalue weighted by Gasteiger charge is 2.32. The summed E-state index contributed by atoms with van der Waals surface area (Å²) in [5.41, 5.74) is 1.28. The summed E-state index contributed by atoms with van der Waals surface area (Å²) in [5.74, 6) is 1.42. The van der Waals surface area contributed by atoms with Crippen LogP contribution in [0.4, 0.5) is 0 Å². The van der Waals surface area contributed by atoms with Crippen molar-refractivity contribution in [2.75, 3.05) is 32.9 Å². The standard InChI is InChI=1S/C17H24ClNO3/c1-2-17(12-20)3-5-19(6-4-17)11-13-9-14(18)16-15(10-13)21-7-8-22-16/h9-10,20H,2-8,11-12H2,1H3. The molecule has 1 aromatic rings. The zero-order valence-electron chi connectivity index (χ0n) is 13.1. The lowest BCUT2D eigenvalue weighted by molar-refractivity contribution is 0.0382. The van der Waals surface area contributed by atoms with Crippen LogP contribution in [0.15, 0.2) is 12.1 Å². The number of piperidine rings is 1. The zero-order valence-corrected chi connectivity index (χ0v) is 13.9. The minimum atomic E-state index is 0.126. The monoisotopic (exact) mass is 325 g/mol. The van der Waals surface area contributed by atoms with Gasteiger partial charge in [-0.15, -0.1) is 0 Å². The van der Waals surface area contributed by atoms with Gasteiger partial charge in [0.05, 0.1) is 5.02 Å². The number of hydrogen-bond donors (Lipinski definition) is 1. The average Bonchev–Trinajstić information content (AvgIpc) is 2.56. The predicted octanol–water partition coefficient (Wildman–Crippen LogP) is 3.10. The van der Waals surface area contributed by atoms with Crippen LogP contribution < -0.4 is 9.47 Å². The largest absolute Gasteiger partial charge is 0.486 e. The SMILES string of the molecule is CCC1(CO)CCN(Cc2cc(Cl)c3c(c2)OCCO3)CC1. The Labute approximate surface area is 137 Å². The average molecular weight is 326 g/mol. The fourth-order valence-electron chi connectivity index (χ4n) is 3.32. The molecule has 1 N–H and O–H groups in total. The van der Waals surface area contributed by atoms with Crippen molar-refractivity contribution in [1.82, 2.24) is 4.90 Å². The lowest BCUT2D eigenvalue weighted by Crippen LogP contribution is -2.41. The van der Waals surface area contributed by atoms with Crippen molar-refractivity contribution in [2.24, 2.45) is 5.41 Å². The van der Waals surface area contributed by atoms with Crippen molar-refractivity contribution in [3.8, 4) is 11.5 Å². The first-order valence-corrected chi connectivity index (χ1v) is 8.45. The van der Waals surface area contributed by atoms with E-state index >= 15 is 0 Å². The first-order valence-electron chi connectivity index (χ1n) is 8.07. The van der Waals surface area contributed by atoms with Crippen LogP contribution in [-0.2, 0) is 6.54 Å². The summed E-state index contributed by atoms with van der Waals surface area (Å²) < 4.78 is 11.2. The minimum absolute atomic E-state index is 0.126. The number of likely N-dealkylation sites (tertiary alicyclic amines) is 1. The molecule has 5 heteroatoms. The van der Waals surface area contributed by atoms with Crippen molar-refractivity contribution >= 4 is 11.6 Å². The maximum Gasteiger partial charge on any atom is 0.179 e. The van der Waals surface area contributed by atoms with E-state index in [-0.39, 0.29) is 5.41 Å². The van der Waals surface area contributed by atoms with E-state index in [0.29, 0.717) is 30.6 Å². The summed E-state index contributed by atoms with van der Waals surface area (Å²) in [5, 5.41) is 10.2. The first-order chi connectivity index (χ1) is 10.7. The molecule has 0 bridgehead atoms. The van der Waals surface area contributed by atoms with Gasteiger partial charge in [0.25, 0.3) is 0 Å². The highest BCUT2D eigenvalue weighted by Crippen LogP contribution is 2.39. The molecule has 122 valence electrons. The number of aliphatic hydroxyl groups excluding tert-OH is 1. The van der Waals surface area contributed by atoms with E-state index in [9.17, 15) is 5.11 Å². The normalized spacial score (nSPS) is 20.9. The molecule has 22 heavy (non-hydrogen) atoms. The number of hydrogen-bond acceptors (Lipinski definition) is 4. The van der Waals surface area contributed by atoms with E-state index in [1.165, 1.54) is 0 Å². The molecule has 0 radical (unpaired) electrons. The molecular weight excluding hydrogens is 302 g/mol. The third kappa shape index (κ3) is 3.19. The van der Waals surface area contributed by atoms with Crippen LogP contribution in [0, 0.1) is 5.41 Å². The van der Waals surface area contributed by atoms with Crippen LogP contribution in [0.5, 0.6) is 11.5 Å². The number of ether oxygens (including phenoxy) is 2. The molecule has 0 atom stereocenters. The summed E-state index contributed by atoms with van der Waals surface area (Å²) in [6.45, 7) is 6.49. The van der Waals surface area contributed by atoms with Crippen LogP contribution in [-0.4, -0.2) is 42.9 Å². The van der Waals surface area contributed by atoms with E-state index in [2.05, 4.69) is 11.8 Å². The number of benzene rings is 1. The third-order valence-electron chi connectivity index (χ3n) is 5.06. The number of rotatable bonds is 4. The van der Waals surface area contributed by atoms with Gasteiger partial charge < -0.3 is 14.6 Å². The number of aliphatic hydroxyl groups is 1. The second-order valence-electron chi connectivity index (χ2n) is 6.39. The van der Waals surface area contributed by atoms with E-state index in [1.807, 2.05) is 12.1 Å². The topological polar surface area (TPSA) is 41.9 Å². The Bertz CT molecular complexity index is 521. The minimum Gasteiger partial charge on any atom is -0.486 e. The molecule has 2 aliphatic heterocycles. The molecule has 0 amide bonds. The number of nitrogens with zero attached hydrogens (tertiary/aromatic N) is 1. The smallest absolute Gasteiger partial charge is 0.179 e. The fourth-order valence-corrected chi connectivity index (χ4v) is 3.61. The molecule has 2 heterocycles. The maximum atomic E-state index is 9.62. The van der Waals surface area contributed by atoms with Crippen LogP contribution in [0.1, 0.15) is 31.7 Å². The molecule has 1 fully saturated rings. The van der Waals surface area contributed by atoms with Crippen molar-refractivity contribution in [3.63, 3.8) is 0 Å². The van der Waals surface area contributed by atoms with Gasteiger partial charge in [-0.1, -0.05) is 18.5 Å². The Kier molecular flexibility index (Phi) is 4.81.